The minimum absolute atomic E-state index is 0.0724. The van der Waals surface area contributed by atoms with Crippen molar-refractivity contribution < 1.29 is 9.53 Å². The summed E-state index contributed by atoms with van der Waals surface area (Å²) >= 11 is 6.18. The molecule has 0 atom stereocenters. The highest BCUT2D eigenvalue weighted by Gasteiger charge is 2.19. The summed E-state index contributed by atoms with van der Waals surface area (Å²) in [5, 5.41) is 9.39. The number of halogens is 1. The second-order valence-corrected chi connectivity index (χ2v) is 8.08. The van der Waals surface area contributed by atoms with Crippen LogP contribution in [0.4, 0.5) is 0 Å². The van der Waals surface area contributed by atoms with Crippen LogP contribution in [0.2, 0.25) is 5.02 Å². The lowest BCUT2D eigenvalue weighted by Crippen LogP contribution is -2.24. The van der Waals surface area contributed by atoms with E-state index in [-0.39, 0.29) is 12.3 Å². The standard InChI is InChI=1S/C25H25ClN4O2/c1-16-14-17(2)28-25-23(16)24(19-9-5-7-11-21(19)32-3)29-30(25)13-12-22(31)27-15-18-8-4-6-10-20(18)26/h4-11,14H,12-13,15H2,1-3H3,(H,27,31). The summed E-state index contributed by atoms with van der Waals surface area (Å²) in [6.45, 7) is 4.82. The van der Waals surface area contributed by atoms with Gasteiger partial charge < -0.3 is 10.1 Å². The number of carbonyl (C=O) groups is 1. The topological polar surface area (TPSA) is 69.0 Å². The first kappa shape index (κ1) is 21.8. The van der Waals surface area contributed by atoms with Gasteiger partial charge in [0, 0.05) is 29.2 Å². The van der Waals surface area contributed by atoms with E-state index < -0.39 is 0 Å². The number of carbonyl (C=O) groups excluding carboxylic acids is 1. The summed E-state index contributed by atoms with van der Waals surface area (Å²) in [6, 6.07) is 17.3. The van der Waals surface area contributed by atoms with Crippen molar-refractivity contribution in [1.82, 2.24) is 20.1 Å². The molecule has 0 radical (unpaired) electrons. The molecule has 2 heterocycles. The Morgan fingerprint density at radius 3 is 2.66 bits per heavy atom. The minimum Gasteiger partial charge on any atom is -0.496 e. The van der Waals surface area contributed by atoms with Crippen LogP contribution in [0.3, 0.4) is 0 Å². The molecule has 0 aliphatic rings. The zero-order chi connectivity index (χ0) is 22.7. The minimum atomic E-state index is -0.0724. The first-order valence-electron chi connectivity index (χ1n) is 10.5. The Bertz CT molecular complexity index is 1280. The SMILES string of the molecule is COc1ccccc1-c1nn(CCC(=O)NCc2ccccc2Cl)c2nc(C)cc(C)c12. The molecule has 7 heteroatoms. The van der Waals surface area contributed by atoms with Gasteiger partial charge in [0.05, 0.1) is 19.0 Å². The van der Waals surface area contributed by atoms with Crippen molar-refractivity contribution in [2.45, 2.75) is 33.4 Å². The monoisotopic (exact) mass is 448 g/mol. The van der Waals surface area contributed by atoms with E-state index in [1.165, 1.54) is 0 Å². The molecule has 2 aromatic carbocycles. The van der Waals surface area contributed by atoms with E-state index in [9.17, 15) is 4.79 Å². The highest BCUT2D eigenvalue weighted by atomic mass is 35.5. The fraction of sp³-hybridized carbons (Fsp3) is 0.240. The molecule has 0 fully saturated rings. The lowest BCUT2D eigenvalue weighted by Gasteiger charge is -2.08. The largest absolute Gasteiger partial charge is 0.496 e. The summed E-state index contributed by atoms with van der Waals surface area (Å²) in [6.07, 6.45) is 0.279. The predicted octanol–water partition coefficient (Wildman–Crippen LogP) is 5.08. The second-order valence-electron chi connectivity index (χ2n) is 7.67. The van der Waals surface area contributed by atoms with E-state index in [1.54, 1.807) is 7.11 Å². The highest BCUT2D eigenvalue weighted by Crippen LogP contribution is 2.35. The van der Waals surface area contributed by atoms with Gasteiger partial charge in [0.15, 0.2) is 5.65 Å². The Hall–Kier alpha value is -3.38. The average Bonchev–Trinajstić information content (AvgIpc) is 3.15. The molecule has 1 N–H and O–H groups in total. The number of fused-ring (bicyclic) bond motifs is 1. The first-order valence-corrected chi connectivity index (χ1v) is 10.8. The van der Waals surface area contributed by atoms with Gasteiger partial charge in [-0.25, -0.2) is 9.67 Å². The number of nitrogens with one attached hydrogen (secondary N) is 1. The fourth-order valence-corrected chi connectivity index (χ4v) is 4.03. The Balaban J connectivity index is 1.60. The summed E-state index contributed by atoms with van der Waals surface area (Å²) in [5.41, 5.74) is 5.35. The number of nitrogens with zero attached hydrogens (tertiary/aromatic N) is 3. The molecule has 0 aliphatic carbocycles. The lowest BCUT2D eigenvalue weighted by atomic mass is 10.0. The van der Waals surface area contributed by atoms with Crippen molar-refractivity contribution in [3.8, 4) is 17.0 Å². The van der Waals surface area contributed by atoms with Gasteiger partial charge in [-0.2, -0.15) is 5.10 Å². The lowest BCUT2D eigenvalue weighted by molar-refractivity contribution is -0.121. The van der Waals surface area contributed by atoms with Gasteiger partial charge in [-0.15, -0.1) is 0 Å². The third-order valence-electron chi connectivity index (χ3n) is 5.37. The Kier molecular flexibility index (Phi) is 6.42. The van der Waals surface area contributed by atoms with Crippen molar-refractivity contribution in [3.63, 3.8) is 0 Å². The maximum atomic E-state index is 12.5. The fourth-order valence-electron chi connectivity index (χ4n) is 3.83. The number of benzene rings is 2. The van der Waals surface area contributed by atoms with Crippen LogP contribution < -0.4 is 10.1 Å². The van der Waals surface area contributed by atoms with Crippen LogP contribution in [0.25, 0.3) is 22.3 Å². The zero-order valence-corrected chi connectivity index (χ0v) is 19.1. The maximum absolute atomic E-state index is 12.5. The second kappa shape index (κ2) is 9.40. The van der Waals surface area contributed by atoms with Crippen LogP contribution in [0.5, 0.6) is 5.75 Å². The van der Waals surface area contributed by atoms with Crippen LogP contribution in [0, 0.1) is 13.8 Å². The molecule has 1 amide bonds. The quantitative estimate of drug-likeness (QED) is 0.428. The van der Waals surface area contributed by atoms with Crippen molar-refractivity contribution in [1.29, 1.82) is 0 Å². The molecular formula is C25H25ClN4O2. The molecule has 0 spiro atoms. The molecule has 0 saturated heterocycles. The molecule has 0 bridgehead atoms. The number of para-hydroxylation sites is 1. The van der Waals surface area contributed by atoms with Crippen LogP contribution in [-0.2, 0) is 17.9 Å². The molecule has 2 aromatic heterocycles. The van der Waals surface area contributed by atoms with Crippen LogP contribution >= 0.6 is 11.6 Å². The van der Waals surface area contributed by atoms with Gasteiger partial charge in [-0.3, -0.25) is 4.79 Å². The van der Waals surface area contributed by atoms with Gasteiger partial charge >= 0.3 is 0 Å². The van der Waals surface area contributed by atoms with Gasteiger partial charge in [0.1, 0.15) is 11.4 Å². The average molecular weight is 449 g/mol. The number of rotatable bonds is 7. The third kappa shape index (κ3) is 4.46. The number of ether oxygens (including phenoxy) is 1. The number of hydrogen-bond donors (Lipinski definition) is 1. The third-order valence-corrected chi connectivity index (χ3v) is 5.74. The molecule has 6 nitrogen and oxygen atoms in total. The van der Waals surface area contributed by atoms with Crippen molar-refractivity contribution in [2.24, 2.45) is 0 Å². The number of methoxy groups -OCH3 is 1. The van der Waals surface area contributed by atoms with E-state index >= 15 is 0 Å². The number of amides is 1. The molecule has 32 heavy (non-hydrogen) atoms. The van der Waals surface area contributed by atoms with Crippen LogP contribution in [0.15, 0.2) is 54.6 Å². The van der Waals surface area contributed by atoms with Gasteiger partial charge in [0.25, 0.3) is 0 Å². The summed E-state index contributed by atoms with van der Waals surface area (Å²) in [4.78, 5) is 17.2. The van der Waals surface area contributed by atoms with E-state index in [2.05, 4.69) is 12.2 Å². The summed E-state index contributed by atoms with van der Waals surface area (Å²) in [7, 11) is 1.65. The van der Waals surface area contributed by atoms with E-state index in [0.717, 1.165) is 44.9 Å². The van der Waals surface area contributed by atoms with E-state index in [1.807, 2.05) is 66.2 Å². The molecular weight excluding hydrogens is 424 g/mol. The Labute approximate surface area is 192 Å². The number of hydrogen-bond acceptors (Lipinski definition) is 4. The van der Waals surface area contributed by atoms with E-state index in [0.29, 0.717) is 18.1 Å². The Morgan fingerprint density at radius 2 is 1.88 bits per heavy atom. The zero-order valence-electron chi connectivity index (χ0n) is 18.4. The van der Waals surface area contributed by atoms with Crippen molar-refractivity contribution in [3.05, 3.63) is 76.4 Å². The van der Waals surface area contributed by atoms with Gasteiger partial charge in [0.2, 0.25) is 5.91 Å². The molecule has 0 aliphatic heterocycles. The molecule has 164 valence electrons. The normalized spacial score (nSPS) is 11.0. The smallest absolute Gasteiger partial charge is 0.222 e. The molecule has 0 unspecified atom stereocenters. The number of aryl methyl sites for hydroxylation is 3. The van der Waals surface area contributed by atoms with Crippen LogP contribution in [-0.4, -0.2) is 27.8 Å². The van der Waals surface area contributed by atoms with Crippen LogP contribution in [0.1, 0.15) is 23.2 Å². The van der Waals surface area contributed by atoms with Crippen molar-refractivity contribution >= 4 is 28.5 Å². The van der Waals surface area contributed by atoms with Crippen molar-refractivity contribution in [2.75, 3.05) is 7.11 Å². The van der Waals surface area contributed by atoms with E-state index in [4.69, 9.17) is 26.4 Å². The first-order chi connectivity index (χ1) is 15.5. The molecule has 0 saturated carbocycles. The maximum Gasteiger partial charge on any atom is 0.222 e. The summed E-state index contributed by atoms with van der Waals surface area (Å²) in [5.74, 6) is 0.674. The Morgan fingerprint density at radius 1 is 1.12 bits per heavy atom. The van der Waals surface area contributed by atoms with Gasteiger partial charge in [-0.1, -0.05) is 41.9 Å². The number of aromatic nitrogens is 3. The molecule has 4 rings (SSSR count). The predicted molar refractivity (Wildman–Crippen MR) is 127 cm³/mol. The summed E-state index contributed by atoms with van der Waals surface area (Å²) < 4.78 is 7.37. The number of pyridine rings is 1. The van der Waals surface area contributed by atoms with Gasteiger partial charge in [-0.05, 0) is 49.2 Å². The molecule has 4 aromatic rings. The highest BCUT2D eigenvalue weighted by molar-refractivity contribution is 6.31.